The highest BCUT2D eigenvalue weighted by Gasteiger charge is 2.38. The van der Waals surface area contributed by atoms with Gasteiger partial charge in [-0.2, -0.15) is 38.8 Å². The molecule has 0 saturated carbocycles. The van der Waals surface area contributed by atoms with Crippen molar-refractivity contribution in [2.24, 2.45) is 0 Å². The van der Waals surface area contributed by atoms with E-state index in [0.717, 1.165) is 49.2 Å². The number of benzene rings is 4. The number of nitrogens with zero attached hydrogens (tertiary/aromatic N) is 8. The predicted molar refractivity (Wildman–Crippen MR) is 255 cm³/mol. The second-order valence-corrected chi connectivity index (χ2v) is 21.3. The second-order valence-electron chi connectivity index (χ2n) is 16.6. The smallest absolute Gasteiger partial charge is 0.282 e. The molecule has 0 unspecified atom stereocenters. The SMILES string of the molecule is O=C(c1ccc(-c2cc[n+]([O-])cc2)cc1)N1CCN(S(=O)(=O)N2Cc3ccc(Cl)cc3C2)CC1.O=C(c1ccc(-c2ccncc2)cc1)N1CCN(S(=O)(=O)N2Cc3ccc(Cl)cc3C2)CC1. The van der Waals surface area contributed by atoms with Crippen molar-refractivity contribution >= 4 is 55.4 Å². The minimum absolute atomic E-state index is 0.0865. The van der Waals surface area contributed by atoms with Crippen LogP contribution in [-0.4, -0.2) is 113 Å². The van der Waals surface area contributed by atoms with Gasteiger partial charge in [0, 0.05) is 124 Å². The van der Waals surface area contributed by atoms with E-state index in [0.29, 0.717) is 73.5 Å². The lowest BCUT2D eigenvalue weighted by atomic mass is 10.0. The van der Waals surface area contributed by atoms with Crippen LogP contribution in [0.15, 0.2) is 134 Å². The third-order valence-corrected chi connectivity index (χ3v) is 16.8. The number of aromatic nitrogens is 2. The quantitative estimate of drug-likeness (QED) is 0.131. The fourth-order valence-corrected chi connectivity index (χ4v) is 12.2. The maximum absolute atomic E-state index is 13.2. The molecule has 4 aliphatic rings. The number of piperazine rings is 2. The van der Waals surface area contributed by atoms with Gasteiger partial charge in [0.15, 0.2) is 12.4 Å². The summed E-state index contributed by atoms with van der Waals surface area (Å²) >= 11 is 12.1. The van der Waals surface area contributed by atoms with Crippen molar-refractivity contribution in [1.82, 2.24) is 32.0 Å². The van der Waals surface area contributed by atoms with E-state index in [1.165, 1.54) is 29.6 Å². The lowest BCUT2D eigenvalue weighted by Gasteiger charge is -2.35. The van der Waals surface area contributed by atoms with Gasteiger partial charge in [0.05, 0.1) is 0 Å². The predicted octanol–water partition coefficient (Wildman–Crippen LogP) is 6.08. The highest BCUT2D eigenvalue weighted by atomic mass is 35.5. The topological polar surface area (TPSA) is 162 Å². The molecule has 2 amide bonds. The van der Waals surface area contributed by atoms with E-state index in [1.54, 1.807) is 58.6 Å². The highest BCUT2D eigenvalue weighted by molar-refractivity contribution is 7.87. The van der Waals surface area contributed by atoms with Gasteiger partial charge in [0.2, 0.25) is 0 Å². The summed E-state index contributed by atoms with van der Waals surface area (Å²) in [5.41, 5.74) is 8.79. The van der Waals surface area contributed by atoms with Gasteiger partial charge >= 0.3 is 0 Å². The molecule has 15 nitrogen and oxygen atoms in total. The maximum Gasteiger partial charge on any atom is 0.282 e. The van der Waals surface area contributed by atoms with Crippen molar-refractivity contribution in [3.8, 4) is 22.3 Å². The summed E-state index contributed by atoms with van der Waals surface area (Å²) in [7, 11) is -7.25. The first kappa shape index (κ1) is 46.4. The van der Waals surface area contributed by atoms with E-state index in [-0.39, 0.29) is 38.0 Å². The van der Waals surface area contributed by atoms with E-state index < -0.39 is 20.4 Å². The number of amides is 2. The summed E-state index contributed by atoms with van der Waals surface area (Å²) in [5, 5.41) is 12.4. The van der Waals surface area contributed by atoms with Crippen molar-refractivity contribution in [2.45, 2.75) is 26.2 Å². The number of carbonyl (C=O) groups excluding carboxylic acids is 2. The molecule has 0 atom stereocenters. The third-order valence-electron chi connectivity index (χ3n) is 12.5. The normalized spacial score (nSPS) is 17.1. The zero-order chi connectivity index (χ0) is 46.9. The summed E-state index contributed by atoms with van der Waals surface area (Å²) < 4.78 is 59.3. The molecule has 2 fully saturated rings. The van der Waals surface area contributed by atoms with Crippen molar-refractivity contribution in [2.75, 3.05) is 52.4 Å². The van der Waals surface area contributed by atoms with Gasteiger partial charge in [-0.1, -0.05) is 59.6 Å². The zero-order valence-corrected chi connectivity index (χ0v) is 39.3. The Labute approximate surface area is 399 Å². The molecule has 346 valence electrons. The molecule has 0 aliphatic carbocycles. The van der Waals surface area contributed by atoms with Crippen LogP contribution in [0.3, 0.4) is 0 Å². The van der Waals surface area contributed by atoms with E-state index in [4.69, 9.17) is 23.2 Å². The minimum atomic E-state index is -3.63. The molecule has 2 saturated heterocycles. The zero-order valence-electron chi connectivity index (χ0n) is 36.2. The molecule has 0 N–H and O–H groups in total. The molecule has 4 aromatic carbocycles. The van der Waals surface area contributed by atoms with Crippen LogP contribution in [0.1, 0.15) is 43.0 Å². The fourth-order valence-electron chi connectivity index (χ4n) is 8.69. The third kappa shape index (κ3) is 10.1. The first-order valence-corrected chi connectivity index (χ1v) is 25.2. The molecule has 6 heterocycles. The Bertz CT molecular complexity index is 3010. The Hall–Kier alpha value is -5.76. The van der Waals surface area contributed by atoms with Crippen molar-refractivity contribution in [3.63, 3.8) is 0 Å². The monoisotopic (exact) mass is 980 g/mol. The van der Waals surface area contributed by atoms with Gasteiger partial charge in [-0.05, 0) is 105 Å². The van der Waals surface area contributed by atoms with Gasteiger partial charge in [0.1, 0.15) is 0 Å². The van der Waals surface area contributed by atoms with E-state index in [9.17, 15) is 31.6 Å². The van der Waals surface area contributed by atoms with E-state index in [2.05, 4.69) is 4.98 Å². The van der Waals surface area contributed by atoms with Crippen molar-refractivity contribution in [1.29, 1.82) is 0 Å². The molecule has 19 heteroatoms. The fraction of sp³-hybridized carbons (Fsp3) is 0.250. The van der Waals surface area contributed by atoms with Crippen LogP contribution in [0.2, 0.25) is 10.0 Å². The number of pyridine rings is 2. The van der Waals surface area contributed by atoms with Gasteiger partial charge in [-0.25, -0.2) is 0 Å². The Morgan fingerprint density at radius 2 is 0.821 bits per heavy atom. The summed E-state index contributed by atoms with van der Waals surface area (Å²) in [5.74, 6) is -0.214. The average molecular weight is 982 g/mol. The van der Waals surface area contributed by atoms with E-state index in [1.807, 2.05) is 72.8 Å². The number of fused-ring (bicyclic) bond motifs is 2. The lowest BCUT2D eigenvalue weighted by molar-refractivity contribution is -0.605. The van der Waals surface area contributed by atoms with Crippen molar-refractivity contribution < 1.29 is 31.2 Å². The number of rotatable bonds is 8. The van der Waals surface area contributed by atoms with Crippen molar-refractivity contribution in [3.05, 3.63) is 183 Å². The minimum Gasteiger partial charge on any atom is -0.619 e. The van der Waals surface area contributed by atoms with Crippen LogP contribution in [0, 0.1) is 5.21 Å². The van der Waals surface area contributed by atoms with Gasteiger partial charge in [-0.3, -0.25) is 14.6 Å². The lowest BCUT2D eigenvalue weighted by Crippen LogP contribution is -2.53. The standard InChI is InChI=1S/C24H23ClN4O4S.C24H23ClN4O3S/c25-23-6-5-21-16-29(17-22(21)15-23)34(32,33)28-13-11-26(12-14-28)24(30)20-3-1-18(2-4-20)19-7-9-27(31)10-8-19;25-23-6-5-21-16-29(17-22(21)15-23)33(31,32)28-13-11-27(12-14-28)24(30)20-3-1-18(2-4-20)19-7-9-26-10-8-19/h1-10,15H,11-14,16-17H2;1-10,15H,11-14,16-17H2. The molecular formula is C48H46Cl2N8O7S2. The molecular weight excluding hydrogens is 936 g/mol. The molecule has 0 spiro atoms. The van der Waals surface area contributed by atoms with Crippen LogP contribution in [0.4, 0.5) is 0 Å². The Balaban J connectivity index is 0.000000168. The largest absolute Gasteiger partial charge is 0.619 e. The number of hydrogen-bond acceptors (Lipinski definition) is 8. The van der Waals surface area contributed by atoms with Crippen LogP contribution < -0.4 is 4.73 Å². The van der Waals surface area contributed by atoms with Crippen LogP contribution in [0.25, 0.3) is 22.3 Å². The molecule has 4 aliphatic heterocycles. The molecule has 10 rings (SSSR count). The first-order valence-electron chi connectivity index (χ1n) is 21.7. The molecule has 6 aromatic rings. The Morgan fingerprint density at radius 1 is 0.463 bits per heavy atom. The van der Waals surface area contributed by atoms with Gasteiger partial charge in [-0.15, -0.1) is 0 Å². The highest BCUT2D eigenvalue weighted by Crippen LogP contribution is 2.31. The Kier molecular flexibility index (Phi) is 13.5. The van der Waals surface area contributed by atoms with Crippen LogP contribution in [-0.2, 0) is 46.6 Å². The van der Waals surface area contributed by atoms with Gasteiger partial charge in [0.25, 0.3) is 32.2 Å². The van der Waals surface area contributed by atoms with E-state index >= 15 is 0 Å². The molecule has 0 radical (unpaired) electrons. The number of carbonyl (C=O) groups is 2. The van der Waals surface area contributed by atoms with Crippen LogP contribution in [0.5, 0.6) is 0 Å². The average Bonchev–Trinajstić information content (AvgIpc) is 4.00. The summed E-state index contributed by atoms with van der Waals surface area (Å²) in [6.45, 7) is 3.72. The summed E-state index contributed by atoms with van der Waals surface area (Å²) in [4.78, 5) is 33.4. The number of halogens is 2. The first-order chi connectivity index (χ1) is 32.2. The second kappa shape index (κ2) is 19.5. The molecule has 67 heavy (non-hydrogen) atoms. The van der Waals surface area contributed by atoms with Crippen LogP contribution >= 0.6 is 23.2 Å². The van der Waals surface area contributed by atoms with Gasteiger partial charge < -0.3 is 15.0 Å². The molecule has 0 bridgehead atoms. The Morgan fingerprint density at radius 3 is 1.22 bits per heavy atom. The maximum atomic E-state index is 13.2. The number of hydrogen-bond donors (Lipinski definition) is 0. The summed E-state index contributed by atoms with van der Waals surface area (Å²) in [6, 6.07) is 32.9. The molecule has 2 aromatic heterocycles. The summed E-state index contributed by atoms with van der Waals surface area (Å²) in [6.07, 6.45) is 6.33.